The summed E-state index contributed by atoms with van der Waals surface area (Å²) in [5.41, 5.74) is 0.0739. The Labute approximate surface area is 204 Å². The van der Waals surface area contributed by atoms with E-state index in [0.29, 0.717) is 22.5 Å². The van der Waals surface area contributed by atoms with Gasteiger partial charge < -0.3 is 19.8 Å². The lowest BCUT2D eigenvalue weighted by molar-refractivity contribution is -0.133. The van der Waals surface area contributed by atoms with Crippen molar-refractivity contribution in [1.29, 1.82) is 5.26 Å². The first-order valence-corrected chi connectivity index (χ1v) is 11.4. The first-order valence-electron chi connectivity index (χ1n) is 10.6. The van der Waals surface area contributed by atoms with Crippen LogP contribution in [-0.4, -0.2) is 41.9 Å². The van der Waals surface area contributed by atoms with Crippen LogP contribution in [0.2, 0.25) is 0 Å². The molecule has 0 radical (unpaired) electrons. The molecule has 0 unspecified atom stereocenters. The van der Waals surface area contributed by atoms with E-state index >= 15 is 0 Å². The van der Waals surface area contributed by atoms with E-state index in [2.05, 4.69) is 10.6 Å². The minimum Gasteiger partial charge on any atom is -0.464 e. The molecule has 1 aliphatic rings. The van der Waals surface area contributed by atoms with Crippen LogP contribution in [0.4, 0.5) is 9.80 Å². The zero-order chi connectivity index (χ0) is 25.2. The molecule has 4 rings (SSSR count). The summed E-state index contributed by atoms with van der Waals surface area (Å²) in [6.07, 6.45) is 1.46. The van der Waals surface area contributed by atoms with Gasteiger partial charge in [-0.05, 0) is 43.7 Å². The molecule has 4 amide bonds. The summed E-state index contributed by atoms with van der Waals surface area (Å²) < 4.78 is 10.5. The molecule has 1 saturated heterocycles. The molecule has 0 spiro atoms. The summed E-state index contributed by atoms with van der Waals surface area (Å²) in [5.74, 6) is -1.50. The topological polar surface area (TPSA) is 142 Å². The highest BCUT2D eigenvalue weighted by atomic mass is 32.1. The lowest BCUT2D eigenvalue weighted by Crippen LogP contribution is -2.42. The third-order valence-electron chi connectivity index (χ3n) is 5.48. The van der Waals surface area contributed by atoms with E-state index in [0.717, 1.165) is 16.2 Å². The number of thiophene rings is 1. The number of nitriles is 1. The van der Waals surface area contributed by atoms with Gasteiger partial charge in [0.05, 0.1) is 24.5 Å². The number of nitrogens with zero attached hydrogens (tertiary/aromatic N) is 2. The summed E-state index contributed by atoms with van der Waals surface area (Å²) in [6, 6.07) is 10.8. The van der Waals surface area contributed by atoms with Crippen molar-refractivity contribution in [1.82, 2.24) is 10.2 Å². The first kappa shape index (κ1) is 23.7. The Morgan fingerprint density at radius 2 is 2.00 bits per heavy atom. The van der Waals surface area contributed by atoms with Crippen molar-refractivity contribution in [2.45, 2.75) is 19.4 Å². The highest BCUT2D eigenvalue weighted by Gasteiger charge is 2.49. The Morgan fingerprint density at radius 3 is 2.63 bits per heavy atom. The Kier molecular flexibility index (Phi) is 6.40. The lowest BCUT2D eigenvalue weighted by Gasteiger charge is -2.22. The number of imide groups is 1. The molecule has 0 bridgehead atoms. The molecule has 1 aliphatic heterocycles. The lowest BCUT2D eigenvalue weighted by atomic mass is 9.91. The number of carbonyl (C=O) groups is 4. The summed E-state index contributed by atoms with van der Waals surface area (Å²) in [7, 11) is 0. The van der Waals surface area contributed by atoms with Crippen LogP contribution >= 0.6 is 11.3 Å². The molecule has 10 nitrogen and oxygen atoms in total. The Balaban J connectivity index is 1.54. The van der Waals surface area contributed by atoms with Gasteiger partial charge in [-0.25, -0.2) is 9.59 Å². The minimum atomic E-state index is -1.39. The smallest absolute Gasteiger partial charge is 0.341 e. The number of furan rings is 1. The van der Waals surface area contributed by atoms with Crippen molar-refractivity contribution in [2.75, 3.05) is 18.5 Å². The fourth-order valence-electron chi connectivity index (χ4n) is 3.69. The van der Waals surface area contributed by atoms with Crippen LogP contribution in [0.15, 0.2) is 52.5 Å². The molecule has 0 saturated carbocycles. The normalized spacial score (nSPS) is 17.1. The number of esters is 1. The largest absolute Gasteiger partial charge is 0.464 e. The second kappa shape index (κ2) is 9.44. The fraction of sp³-hybridized carbons (Fsp3) is 0.208. The van der Waals surface area contributed by atoms with Gasteiger partial charge in [0, 0.05) is 10.9 Å². The van der Waals surface area contributed by atoms with Gasteiger partial charge in [0.2, 0.25) is 5.91 Å². The second-order valence-corrected chi connectivity index (χ2v) is 8.61. The molecule has 1 atom stereocenters. The van der Waals surface area contributed by atoms with Gasteiger partial charge in [-0.2, -0.15) is 5.26 Å². The van der Waals surface area contributed by atoms with E-state index in [-0.39, 0.29) is 17.2 Å². The average molecular weight is 493 g/mol. The third-order valence-corrected chi connectivity index (χ3v) is 6.37. The zero-order valence-corrected chi connectivity index (χ0v) is 19.6. The Bertz CT molecular complexity index is 1340. The molecule has 3 heterocycles. The van der Waals surface area contributed by atoms with Gasteiger partial charge >= 0.3 is 12.0 Å². The van der Waals surface area contributed by atoms with Crippen molar-refractivity contribution < 1.29 is 28.3 Å². The van der Waals surface area contributed by atoms with Crippen LogP contribution in [0, 0.1) is 11.3 Å². The SMILES string of the molecule is CCOC(=O)c1c(-c2ccco2)csc1NC(=O)CN1C(=O)N[C@](C)(c2ccc(C#N)cc2)C1=O. The molecular formula is C24H20N4O6S. The maximum absolute atomic E-state index is 13.1. The molecule has 2 aromatic heterocycles. The van der Waals surface area contributed by atoms with Crippen molar-refractivity contribution in [3.8, 4) is 17.4 Å². The fourth-order valence-corrected chi connectivity index (χ4v) is 4.65. The number of urea groups is 1. The number of rotatable bonds is 7. The number of hydrogen-bond donors (Lipinski definition) is 2. The second-order valence-electron chi connectivity index (χ2n) is 7.74. The van der Waals surface area contributed by atoms with Gasteiger partial charge in [-0.1, -0.05) is 12.1 Å². The number of hydrogen-bond acceptors (Lipinski definition) is 8. The molecule has 1 fully saturated rings. The van der Waals surface area contributed by atoms with Crippen molar-refractivity contribution in [2.24, 2.45) is 0 Å². The number of carbonyl (C=O) groups excluding carboxylic acids is 4. The van der Waals surface area contributed by atoms with Crippen LogP contribution in [0.25, 0.3) is 11.3 Å². The number of ether oxygens (including phenoxy) is 1. The van der Waals surface area contributed by atoms with Crippen LogP contribution < -0.4 is 10.6 Å². The third kappa shape index (κ3) is 4.39. The maximum atomic E-state index is 13.1. The molecule has 35 heavy (non-hydrogen) atoms. The molecule has 11 heteroatoms. The molecular weight excluding hydrogens is 472 g/mol. The van der Waals surface area contributed by atoms with Gasteiger partial charge in [-0.3, -0.25) is 14.5 Å². The highest BCUT2D eigenvalue weighted by molar-refractivity contribution is 7.15. The molecule has 178 valence electrons. The predicted molar refractivity (Wildman–Crippen MR) is 125 cm³/mol. The van der Waals surface area contributed by atoms with E-state index in [1.807, 2.05) is 6.07 Å². The van der Waals surface area contributed by atoms with Gasteiger partial charge in [0.15, 0.2) is 0 Å². The molecule has 0 aliphatic carbocycles. The number of nitrogens with one attached hydrogen (secondary N) is 2. The minimum absolute atomic E-state index is 0.125. The number of anilines is 1. The van der Waals surface area contributed by atoms with E-state index in [1.54, 1.807) is 48.7 Å². The van der Waals surface area contributed by atoms with Gasteiger partial charge in [-0.15, -0.1) is 11.3 Å². The highest BCUT2D eigenvalue weighted by Crippen LogP contribution is 2.36. The first-order chi connectivity index (χ1) is 16.8. The van der Waals surface area contributed by atoms with Crippen molar-refractivity contribution in [3.05, 3.63) is 64.7 Å². The van der Waals surface area contributed by atoms with Crippen LogP contribution in [0.5, 0.6) is 0 Å². The summed E-state index contributed by atoms with van der Waals surface area (Å²) >= 11 is 1.09. The van der Waals surface area contributed by atoms with E-state index in [1.165, 1.54) is 13.2 Å². The van der Waals surface area contributed by atoms with Crippen LogP contribution in [-0.2, 0) is 19.9 Å². The van der Waals surface area contributed by atoms with Crippen molar-refractivity contribution >= 4 is 40.2 Å². The van der Waals surface area contributed by atoms with E-state index in [4.69, 9.17) is 14.4 Å². The zero-order valence-electron chi connectivity index (χ0n) is 18.8. The number of benzene rings is 1. The standard InChI is InChI=1S/C24H20N4O6S/c1-3-33-21(30)19-16(17-5-4-10-34-17)13-35-20(19)26-18(29)12-28-22(31)24(2,27-23(28)32)15-8-6-14(11-25)7-9-15/h4-10,13H,3,12H2,1-2H3,(H,26,29)(H,27,32)/t24-/m1/s1. The monoisotopic (exact) mass is 492 g/mol. The Morgan fingerprint density at radius 1 is 1.26 bits per heavy atom. The van der Waals surface area contributed by atoms with Crippen molar-refractivity contribution in [3.63, 3.8) is 0 Å². The van der Waals surface area contributed by atoms with Crippen LogP contribution in [0.3, 0.4) is 0 Å². The van der Waals surface area contributed by atoms with E-state index in [9.17, 15) is 19.2 Å². The summed E-state index contributed by atoms with van der Waals surface area (Å²) in [4.78, 5) is 51.9. The summed E-state index contributed by atoms with van der Waals surface area (Å²) in [6.45, 7) is 2.76. The van der Waals surface area contributed by atoms with E-state index < -0.39 is 35.9 Å². The molecule has 3 aromatic rings. The van der Waals surface area contributed by atoms with Gasteiger partial charge in [0.1, 0.15) is 28.4 Å². The summed E-state index contributed by atoms with van der Waals surface area (Å²) in [5, 5.41) is 16.1. The maximum Gasteiger partial charge on any atom is 0.341 e. The van der Waals surface area contributed by atoms with Gasteiger partial charge in [0.25, 0.3) is 5.91 Å². The number of amides is 4. The quantitative estimate of drug-likeness (QED) is 0.380. The average Bonchev–Trinajstić information content (AvgIpc) is 3.56. The molecule has 1 aromatic carbocycles. The Hall–Kier alpha value is -4.43. The predicted octanol–water partition coefficient (Wildman–Crippen LogP) is 3.46. The molecule has 2 N–H and O–H groups in total. The van der Waals surface area contributed by atoms with Crippen LogP contribution in [0.1, 0.15) is 35.3 Å².